The highest BCUT2D eigenvalue weighted by atomic mass is 16.5. The van der Waals surface area contributed by atoms with E-state index in [1.54, 1.807) is 7.11 Å². The number of hydrogen-bond donors (Lipinski definition) is 2. The van der Waals surface area contributed by atoms with Crippen molar-refractivity contribution in [3.8, 4) is 0 Å². The Hall–Kier alpha value is -1.38. The number of aliphatic imine (C=N–C) groups is 1. The standard InChI is InChI=1S/C19H35N5O3/c1-3-20-18(21-15-19(26-2)6-12-27-13-7-19)24-10-8-23(9-11-24)14-17(25)22-16-4-5-16/h16H,3-15H2,1-2H3,(H,20,21)(H,22,25). The Labute approximate surface area is 162 Å². The molecule has 1 saturated carbocycles. The highest BCUT2D eigenvalue weighted by Gasteiger charge is 2.33. The Balaban J connectivity index is 1.50. The molecule has 0 aromatic carbocycles. The first-order valence-corrected chi connectivity index (χ1v) is 10.3. The molecule has 2 heterocycles. The number of piperazine rings is 1. The van der Waals surface area contributed by atoms with Crippen LogP contribution >= 0.6 is 0 Å². The molecular weight excluding hydrogens is 346 g/mol. The summed E-state index contributed by atoms with van der Waals surface area (Å²) < 4.78 is 11.3. The van der Waals surface area contributed by atoms with E-state index in [0.29, 0.717) is 19.1 Å². The van der Waals surface area contributed by atoms with Gasteiger partial charge in [-0.25, -0.2) is 0 Å². The van der Waals surface area contributed by atoms with Gasteiger partial charge in [-0.15, -0.1) is 0 Å². The summed E-state index contributed by atoms with van der Waals surface area (Å²) >= 11 is 0. The molecular formula is C19H35N5O3. The van der Waals surface area contributed by atoms with Crippen LogP contribution in [0.25, 0.3) is 0 Å². The molecule has 0 unspecified atom stereocenters. The van der Waals surface area contributed by atoms with Gasteiger partial charge in [0.25, 0.3) is 0 Å². The van der Waals surface area contributed by atoms with Crippen LogP contribution in [0.2, 0.25) is 0 Å². The Bertz CT molecular complexity index is 509. The summed E-state index contributed by atoms with van der Waals surface area (Å²) in [4.78, 5) is 21.4. The van der Waals surface area contributed by atoms with Gasteiger partial charge in [-0.1, -0.05) is 0 Å². The van der Waals surface area contributed by atoms with Crippen molar-refractivity contribution < 1.29 is 14.3 Å². The quantitative estimate of drug-likeness (QED) is 0.479. The SMILES string of the molecule is CCNC(=NCC1(OC)CCOCC1)N1CCN(CC(=O)NC2CC2)CC1. The predicted molar refractivity (Wildman–Crippen MR) is 105 cm³/mol. The monoisotopic (exact) mass is 381 g/mol. The molecule has 0 aromatic heterocycles. The number of nitrogens with one attached hydrogen (secondary N) is 2. The largest absolute Gasteiger partial charge is 0.381 e. The zero-order valence-corrected chi connectivity index (χ0v) is 16.8. The summed E-state index contributed by atoms with van der Waals surface area (Å²) in [6, 6.07) is 0.435. The molecule has 2 N–H and O–H groups in total. The lowest BCUT2D eigenvalue weighted by molar-refractivity contribution is -0.122. The molecule has 27 heavy (non-hydrogen) atoms. The summed E-state index contributed by atoms with van der Waals surface area (Å²) in [6.07, 6.45) is 4.04. The lowest BCUT2D eigenvalue weighted by atomic mass is 9.94. The van der Waals surface area contributed by atoms with E-state index in [4.69, 9.17) is 14.5 Å². The Morgan fingerprint density at radius 3 is 2.52 bits per heavy atom. The van der Waals surface area contributed by atoms with Crippen LogP contribution in [0.15, 0.2) is 4.99 Å². The maximum Gasteiger partial charge on any atom is 0.234 e. The number of rotatable bonds is 7. The van der Waals surface area contributed by atoms with E-state index in [1.165, 1.54) is 0 Å². The number of methoxy groups -OCH3 is 1. The number of hydrogen-bond acceptors (Lipinski definition) is 5. The summed E-state index contributed by atoms with van der Waals surface area (Å²) in [7, 11) is 1.78. The molecule has 1 aliphatic carbocycles. The lowest BCUT2D eigenvalue weighted by Crippen LogP contribution is -2.54. The fraction of sp³-hybridized carbons (Fsp3) is 0.895. The van der Waals surface area contributed by atoms with Crippen molar-refractivity contribution in [3.63, 3.8) is 0 Å². The first-order chi connectivity index (χ1) is 13.1. The third-order valence-corrected chi connectivity index (χ3v) is 5.67. The summed E-state index contributed by atoms with van der Waals surface area (Å²) in [5, 5.41) is 6.48. The van der Waals surface area contributed by atoms with Crippen LogP contribution in [0.5, 0.6) is 0 Å². The number of carbonyl (C=O) groups excluding carboxylic acids is 1. The summed E-state index contributed by atoms with van der Waals surface area (Å²) in [5.74, 6) is 1.11. The number of guanidine groups is 1. The highest BCUT2D eigenvalue weighted by Crippen LogP contribution is 2.25. The van der Waals surface area contributed by atoms with Crippen LogP contribution < -0.4 is 10.6 Å². The van der Waals surface area contributed by atoms with Crippen molar-refractivity contribution in [3.05, 3.63) is 0 Å². The average molecular weight is 382 g/mol. The van der Waals surface area contributed by atoms with Crippen LogP contribution in [0, 0.1) is 0 Å². The summed E-state index contributed by atoms with van der Waals surface area (Å²) in [6.45, 7) is 9.09. The van der Waals surface area contributed by atoms with Gasteiger partial charge < -0.3 is 25.0 Å². The highest BCUT2D eigenvalue weighted by molar-refractivity contribution is 5.80. The molecule has 0 spiro atoms. The molecule has 0 atom stereocenters. The fourth-order valence-electron chi connectivity index (χ4n) is 3.64. The van der Waals surface area contributed by atoms with Crippen molar-refractivity contribution in [2.45, 2.75) is 44.2 Å². The topological polar surface area (TPSA) is 78.4 Å². The van der Waals surface area contributed by atoms with Gasteiger partial charge in [0.1, 0.15) is 0 Å². The van der Waals surface area contributed by atoms with Crippen molar-refractivity contribution in [2.75, 3.05) is 66.1 Å². The van der Waals surface area contributed by atoms with Gasteiger partial charge in [0.2, 0.25) is 5.91 Å². The van der Waals surface area contributed by atoms with Crippen LogP contribution in [-0.4, -0.2) is 99.4 Å². The van der Waals surface area contributed by atoms with Crippen molar-refractivity contribution in [1.82, 2.24) is 20.4 Å². The van der Waals surface area contributed by atoms with Gasteiger partial charge in [0.15, 0.2) is 5.96 Å². The van der Waals surface area contributed by atoms with E-state index in [1.807, 2.05) is 0 Å². The maximum atomic E-state index is 12.0. The zero-order valence-electron chi connectivity index (χ0n) is 16.8. The van der Waals surface area contributed by atoms with Crippen molar-refractivity contribution >= 4 is 11.9 Å². The van der Waals surface area contributed by atoms with Crippen molar-refractivity contribution in [1.29, 1.82) is 0 Å². The molecule has 0 bridgehead atoms. The Morgan fingerprint density at radius 1 is 1.22 bits per heavy atom. The minimum absolute atomic E-state index is 0.160. The normalized spacial score (nSPS) is 23.9. The fourth-order valence-corrected chi connectivity index (χ4v) is 3.64. The zero-order chi connectivity index (χ0) is 19.1. The Kier molecular flexibility index (Phi) is 7.32. The first kappa shape index (κ1) is 20.4. The number of ether oxygens (including phenoxy) is 2. The number of amides is 1. The molecule has 154 valence electrons. The van der Waals surface area contributed by atoms with Crippen LogP contribution in [0.3, 0.4) is 0 Å². The second-order valence-corrected chi connectivity index (χ2v) is 7.77. The van der Waals surface area contributed by atoms with Crippen LogP contribution in [0.4, 0.5) is 0 Å². The molecule has 1 amide bonds. The molecule has 3 rings (SSSR count). The molecule has 0 radical (unpaired) electrons. The second kappa shape index (κ2) is 9.71. The van der Waals surface area contributed by atoms with Gasteiger partial charge in [-0.05, 0) is 19.8 Å². The molecule has 0 aromatic rings. The van der Waals surface area contributed by atoms with E-state index in [9.17, 15) is 4.79 Å². The molecule has 2 saturated heterocycles. The van der Waals surface area contributed by atoms with E-state index in [0.717, 1.165) is 77.6 Å². The van der Waals surface area contributed by atoms with E-state index >= 15 is 0 Å². The van der Waals surface area contributed by atoms with E-state index < -0.39 is 0 Å². The molecule has 8 nitrogen and oxygen atoms in total. The maximum absolute atomic E-state index is 12.0. The second-order valence-electron chi connectivity index (χ2n) is 7.77. The average Bonchev–Trinajstić information content (AvgIpc) is 3.50. The number of nitrogens with zero attached hydrogens (tertiary/aromatic N) is 3. The van der Waals surface area contributed by atoms with Crippen LogP contribution in [0.1, 0.15) is 32.6 Å². The van der Waals surface area contributed by atoms with Gasteiger partial charge in [-0.2, -0.15) is 0 Å². The van der Waals surface area contributed by atoms with Gasteiger partial charge >= 0.3 is 0 Å². The number of carbonyl (C=O) groups is 1. The molecule has 3 aliphatic rings. The lowest BCUT2D eigenvalue weighted by Gasteiger charge is -2.38. The van der Waals surface area contributed by atoms with Gasteiger partial charge in [-0.3, -0.25) is 14.7 Å². The van der Waals surface area contributed by atoms with Gasteiger partial charge in [0, 0.05) is 71.9 Å². The third-order valence-electron chi connectivity index (χ3n) is 5.67. The first-order valence-electron chi connectivity index (χ1n) is 10.3. The minimum atomic E-state index is -0.207. The van der Waals surface area contributed by atoms with Crippen molar-refractivity contribution in [2.24, 2.45) is 4.99 Å². The Morgan fingerprint density at radius 2 is 1.93 bits per heavy atom. The molecule has 8 heteroatoms. The molecule has 2 aliphatic heterocycles. The molecule has 3 fully saturated rings. The summed E-state index contributed by atoms with van der Waals surface area (Å²) in [5.41, 5.74) is -0.207. The third kappa shape index (κ3) is 6.05. The minimum Gasteiger partial charge on any atom is -0.381 e. The van der Waals surface area contributed by atoms with Gasteiger partial charge in [0.05, 0.1) is 18.7 Å². The van der Waals surface area contributed by atoms with E-state index in [2.05, 4.69) is 27.4 Å². The van der Waals surface area contributed by atoms with E-state index in [-0.39, 0.29) is 11.5 Å². The van der Waals surface area contributed by atoms with Crippen LogP contribution in [-0.2, 0) is 14.3 Å². The predicted octanol–water partition coefficient (Wildman–Crippen LogP) is 0.0437. The smallest absolute Gasteiger partial charge is 0.234 e.